The summed E-state index contributed by atoms with van der Waals surface area (Å²) in [4.78, 5) is 27.5. The molecule has 0 saturated heterocycles. The van der Waals surface area contributed by atoms with Crippen LogP contribution in [-0.2, 0) is 17.8 Å². The molecule has 140 valence electrons. The summed E-state index contributed by atoms with van der Waals surface area (Å²) in [5.41, 5.74) is 4.11. The van der Waals surface area contributed by atoms with Gasteiger partial charge in [-0.15, -0.1) is 11.8 Å². The Balaban J connectivity index is 1.35. The van der Waals surface area contributed by atoms with Gasteiger partial charge in [-0.05, 0) is 42.7 Å². The third kappa shape index (κ3) is 4.01. The first-order chi connectivity index (χ1) is 13.1. The van der Waals surface area contributed by atoms with Crippen molar-refractivity contribution in [2.75, 3.05) is 24.2 Å². The van der Waals surface area contributed by atoms with Crippen LogP contribution in [-0.4, -0.2) is 41.6 Å². The lowest BCUT2D eigenvalue weighted by molar-refractivity contribution is -0.113. The van der Waals surface area contributed by atoms with Gasteiger partial charge < -0.3 is 10.6 Å². The van der Waals surface area contributed by atoms with Crippen molar-refractivity contribution in [3.05, 3.63) is 59.2 Å². The summed E-state index contributed by atoms with van der Waals surface area (Å²) in [7, 11) is 0. The van der Waals surface area contributed by atoms with Crippen LogP contribution < -0.4 is 10.6 Å². The molecule has 0 radical (unpaired) electrons. The van der Waals surface area contributed by atoms with Crippen molar-refractivity contribution in [1.82, 2.24) is 10.2 Å². The van der Waals surface area contributed by atoms with E-state index in [2.05, 4.69) is 46.7 Å². The van der Waals surface area contributed by atoms with Crippen LogP contribution >= 0.6 is 11.8 Å². The number of anilines is 1. The molecule has 2 N–H and O–H groups in total. The Morgan fingerprint density at radius 2 is 2.07 bits per heavy atom. The van der Waals surface area contributed by atoms with Gasteiger partial charge in [0.15, 0.2) is 0 Å². The lowest BCUT2D eigenvalue weighted by Gasteiger charge is -2.33. The molecule has 2 aromatic rings. The second-order valence-electron chi connectivity index (χ2n) is 7.10. The fourth-order valence-corrected chi connectivity index (χ4v) is 4.38. The van der Waals surface area contributed by atoms with E-state index in [1.54, 1.807) is 6.07 Å². The number of nitrogens with one attached hydrogen (secondary N) is 2. The van der Waals surface area contributed by atoms with Crippen molar-refractivity contribution >= 4 is 29.3 Å². The van der Waals surface area contributed by atoms with Gasteiger partial charge in [0.1, 0.15) is 0 Å². The summed E-state index contributed by atoms with van der Waals surface area (Å²) in [5, 5.41) is 5.87. The molecular formula is C21H23N3O2S. The van der Waals surface area contributed by atoms with Crippen molar-refractivity contribution in [3.63, 3.8) is 0 Å². The molecule has 6 heteroatoms. The summed E-state index contributed by atoms with van der Waals surface area (Å²) in [5.74, 6) is 0.297. The van der Waals surface area contributed by atoms with E-state index < -0.39 is 0 Å². The number of fused-ring (bicyclic) bond motifs is 2. The number of amides is 2. The van der Waals surface area contributed by atoms with Crippen LogP contribution in [0.15, 0.2) is 47.4 Å². The Labute approximate surface area is 163 Å². The SMILES string of the molecule is CC(CNC(=O)c1ccc2c(c1)NC(=O)CS2)N1CCc2ccccc2C1. The summed E-state index contributed by atoms with van der Waals surface area (Å²) < 4.78 is 0. The quantitative estimate of drug-likeness (QED) is 0.855. The number of carbonyl (C=O) groups excluding carboxylic acids is 2. The molecule has 5 nitrogen and oxygen atoms in total. The van der Waals surface area contributed by atoms with Crippen LogP contribution in [0.2, 0.25) is 0 Å². The molecule has 2 aliphatic rings. The first kappa shape index (κ1) is 18.1. The molecular weight excluding hydrogens is 358 g/mol. The second-order valence-corrected chi connectivity index (χ2v) is 8.11. The highest BCUT2D eigenvalue weighted by atomic mass is 32.2. The van der Waals surface area contributed by atoms with Crippen LogP contribution in [0.5, 0.6) is 0 Å². The highest BCUT2D eigenvalue weighted by Crippen LogP contribution is 2.32. The standard InChI is InChI=1S/C21H23N3O2S/c1-14(24-9-8-15-4-2-3-5-17(15)12-24)11-22-21(26)16-6-7-19-18(10-16)23-20(25)13-27-19/h2-7,10,14H,8-9,11-13H2,1H3,(H,22,26)(H,23,25). The Kier molecular flexibility index (Phi) is 5.18. The van der Waals surface area contributed by atoms with Gasteiger partial charge >= 0.3 is 0 Å². The van der Waals surface area contributed by atoms with Crippen LogP contribution in [0.1, 0.15) is 28.4 Å². The molecule has 1 unspecified atom stereocenters. The number of carbonyl (C=O) groups is 2. The smallest absolute Gasteiger partial charge is 0.251 e. The summed E-state index contributed by atoms with van der Waals surface area (Å²) in [6, 6.07) is 14.3. The maximum Gasteiger partial charge on any atom is 0.251 e. The normalized spacial score (nSPS) is 17.4. The number of hydrogen-bond acceptors (Lipinski definition) is 4. The maximum absolute atomic E-state index is 12.5. The molecule has 0 saturated carbocycles. The zero-order valence-electron chi connectivity index (χ0n) is 15.3. The molecule has 2 aromatic carbocycles. The predicted molar refractivity (Wildman–Crippen MR) is 108 cm³/mol. The third-order valence-electron chi connectivity index (χ3n) is 5.22. The van der Waals surface area contributed by atoms with Gasteiger partial charge in [0.25, 0.3) is 5.91 Å². The molecule has 27 heavy (non-hydrogen) atoms. The van der Waals surface area contributed by atoms with Crippen molar-refractivity contribution in [3.8, 4) is 0 Å². The second kappa shape index (κ2) is 7.74. The Morgan fingerprint density at radius 3 is 2.93 bits per heavy atom. The van der Waals surface area contributed by atoms with Crippen molar-refractivity contribution < 1.29 is 9.59 Å². The molecule has 2 heterocycles. The first-order valence-corrected chi connectivity index (χ1v) is 10.2. The first-order valence-electron chi connectivity index (χ1n) is 9.26. The van der Waals surface area contributed by atoms with Gasteiger partial charge in [-0.1, -0.05) is 24.3 Å². The Bertz CT molecular complexity index is 883. The number of hydrogen-bond donors (Lipinski definition) is 2. The van der Waals surface area contributed by atoms with Gasteiger partial charge in [0, 0.05) is 36.1 Å². The molecule has 0 spiro atoms. The van der Waals surface area contributed by atoms with Crippen LogP contribution in [0, 0.1) is 0 Å². The van der Waals surface area contributed by atoms with E-state index in [0.717, 1.165) is 30.1 Å². The summed E-state index contributed by atoms with van der Waals surface area (Å²) >= 11 is 1.50. The van der Waals surface area contributed by atoms with Crippen LogP contribution in [0.3, 0.4) is 0 Å². The fourth-order valence-electron chi connectivity index (χ4n) is 3.59. The summed E-state index contributed by atoms with van der Waals surface area (Å²) in [6.45, 7) is 4.68. The lowest BCUT2D eigenvalue weighted by atomic mass is 9.99. The topological polar surface area (TPSA) is 61.4 Å². The number of thioether (sulfide) groups is 1. The number of nitrogens with zero attached hydrogens (tertiary/aromatic N) is 1. The fraction of sp³-hybridized carbons (Fsp3) is 0.333. The molecule has 1 atom stereocenters. The molecule has 2 amide bonds. The number of rotatable bonds is 4. The van der Waals surface area contributed by atoms with Crippen molar-refractivity contribution in [2.45, 2.75) is 30.8 Å². The van der Waals surface area contributed by atoms with E-state index >= 15 is 0 Å². The molecule has 0 bridgehead atoms. The van der Waals surface area contributed by atoms with Crippen LogP contribution in [0.4, 0.5) is 5.69 Å². The van der Waals surface area contributed by atoms with Gasteiger partial charge in [0.2, 0.25) is 5.91 Å². The average molecular weight is 382 g/mol. The maximum atomic E-state index is 12.5. The zero-order chi connectivity index (χ0) is 18.8. The Hall–Kier alpha value is -2.31. The molecule has 2 aliphatic heterocycles. The minimum Gasteiger partial charge on any atom is -0.350 e. The van der Waals surface area contributed by atoms with E-state index in [1.807, 2.05) is 12.1 Å². The van der Waals surface area contributed by atoms with E-state index in [9.17, 15) is 9.59 Å². The number of benzene rings is 2. The average Bonchev–Trinajstić information content (AvgIpc) is 2.70. The monoisotopic (exact) mass is 381 g/mol. The minimum atomic E-state index is -0.105. The van der Waals surface area contributed by atoms with Crippen molar-refractivity contribution in [2.24, 2.45) is 0 Å². The largest absolute Gasteiger partial charge is 0.350 e. The minimum absolute atomic E-state index is 0.0240. The van der Waals surface area contributed by atoms with E-state index in [1.165, 1.54) is 22.9 Å². The van der Waals surface area contributed by atoms with Gasteiger partial charge in [0.05, 0.1) is 11.4 Å². The van der Waals surface area contributed by atoms with Crippen LogP contribution in [0.25, 0.3) is 0 Å². The molecule has 4 rings (SSSR count). The lowest BCUT2D eigenvalue weighted by Crippen LogP contribution is -2.44. The highest BCUT2D eigenvalue weighted by molar-refractivity contribution is 8.00. The Morgan fingerprint density at radius 1 is 1.26 bits per heavy atom. The van der Waals surface area contributed by atoms with E-state index in [-0.39, 0.29) is 17.9 Å². The zero-order valence-corrected chi connectivity index (χ0v) is 16.1. The van der Waals surface area contributed by atoms with Gasteiger partial charge in [-0.3, -0.25) is 14.5 Å². The highest BCUT2D eigenvalue weighted by Gasteiger charge is 2.21. The molecule has 0 fully saturated rings. The third-order valence-corrected chi connectivity index (χ3v) is 6.29. The predicted octanol–water partition coefficient (Wildman–Crippen LogP) is 2.91. The van der Waals surface area contributed by atoms with Gasteiger partial charge in [-0.2, -0.15) is 0 Å². The summed E-state index contributed by atoms with van der Waals surface area (Å²) in [6.07, 6.45) is 1.05. The van der Waals surface area contributed by atoms with Crippen molar-refractivity contribution in [1.29, 1.82) is 0 Å². The van der Waals surface area contributed by atoms with Gasteiger partial charge in [-0.25, -0.2) is 0 Å². The van der Waals surface area contributed by atoms with E-state index in [0.29, 0.717) is 17.9 Å². The molecule has 0 aliphatic carbocycles. The molecule has 0 aromatic heterocycles. The van der Waals surface area contributed by atoms with E-state index in [4.69, 9.17) is 0 Å².